The molecule has 2 aliphatic rings. The van der Waals surface area contributed by atoms with Gasteiger partial charge in [-0.25, -0.2) is 14.4 Å². The van der Waals surface area contributed by atoms with Gasteiger partial charge in [0.1, 0.15) is 30.2 Å². The molecule has 1 saturated heterocycles. The Morgan fingerprint density at radius 3 is 1.51 bits per heavy atom. The lowest BCUT2D eigenvalue weighted by Crippen LogP contribution is -2.54. The summed E-state index contributed by atoms with van der Waals surface area (Å²) in [5.74, 6) is -4.52. The van der Waals surface area contributed by atoms with Crippen LogP contribution in [0.15, 0.2) is 72.3 Å². The highest BCUT2D eigenvalue weighted by Crippen LogP contribution is 2.46. The van der Waals surface area contributed by atoms with Gasteiger partial charge in [-0.1, -0.05) is 145 Å². The second-order valence-electron chi connectivity index (χ2n) is 20.5. The van der Waals surface area contributed by atoms with Crippen LogP contribution in [0, 0.1) is 0 Å². The van der Waals surface area contributed by atoms with Crippen LogP contribution < -0.4 is 0 Å². The number of carbonyl (C=O) groups excluding carboxylic acids is 5. The smallest absolute Gasteiger partial charge is 0.432 e. The summed E-state index contributed by atoms with van der Waals surface area (Å²) in [6.07, 6.45) is 0.364. The number of rotatable bonds is 37. The molecule has 2 aliphatic heterocycles. The number of benzene rings is 2. The van der Waals surface area contributed by atoms with E-state index in [1.165, 1.54) is 42.8 Å². The second kappa shape index (κ2) is 32.3. The molecule has 432 valence electrons. The molecule has 0 aliphatic carbocycles. The third-order valence-electron chi connectivity index (χ3n) is 14.6. The van der Waals surface area contributed by atoms with E-state index < -0.39 is 83.1 Å². The van der Waals surface area contributed by atoms with Crippen molar-refractivity contribution in [2.24, 2.45) is 0 Å². The lowest BCUT2D eigenvalue weighted by molar-refractivity contribution is -0.280. The topological polar surface area (TPSA) is 150 Å². The lowest BCUT2D eigenvalue weighted by Gasteiger charge is -2.36. The van der Waals surface area contributed by atoms with E-state index in [4.69, 9.17) is 33.2 Å². The van der Waals surface area contributed by atoms with Crippen LogP contribution in [0.4, 0.5) is 26.3 Å². The summed E-state index contributed by atoms with van der Waals surface area (Å²) in [6, 6.07) is 12.6. The highest BCUT2D eigenvalue weighted by Gasteiger charge is 2.66. The molecule has 8 atom stereocenters. The number of methoxy groups -OCH3 is 2. The first-order chi connectivity index (χ1) is 36.7. The number of cyclic esters (lactones) is 1. The summed E-state index contributed by atoms with van der Waals surface area (Å²) < 4.78 is 130. The van der Waals surface area contributed by atoms with Crippen LogP contribution in [0.2, 0.25) is 0 Å². The second-order valence-corrected chi connectivity index (χ2v) is 20.5. The summed E-state index contributed by atoms with van der Waals surface area (Å²) in [5.41, 5.74) is -7.52. The van der Waals surface area contributed by atoms with E-state index in [1.54, 1.807) is 0 Å². The van der Waals surface area contributed by atoms with E-state index >= 15 is 26.3 Å². The number of halogens is 6. The highest BCUT2D eigenvalue weighted by molar-refractivity contribution is 5.90. The molecule has 0 spiro atoms. The number of hydrogen-bond donors (Lipinski definition) is 0. The zero-order chi connectivity index (χ0) is 56.5. The molecule has 12 nitrogen and oxygen atoms in total. The average Bonchev–Trinajstić information content (AvgIpc) is 4.04. The Labute approximate surface area is 451 Å². The first-order valence-electron chi connectivity index (χ1n) is 27.8. The molecule has 0 N–H and O–H groups in total. The van der Waals surface area contributed by atoms with Crippen LogP contribution >= 0.6 is 0 Å². The molecular weight excluding hydrogens is 1010 g/mol. The Bertz CT molecular complexity index is 2130. The monoisotopic (exact) mass is 1100 g/mol. The third-order valence-corrected chi connectivity index (χ3v) is 14.6. The number of alkyl halides is 6. The molecule has 1 unspecified atom stereocenters. The summed E-state index contributed by atoms with van der Waals surface area (Å²) in [4.78, 5) is 65.6. The van der Waals surface area contributed by atoms with E-state index in [1.807, 2.05) is 13.0 Å². The third kappa shape index (κ3) is 19.2. The largest absolute Gasteiger partial charge is 0.462 e. The van der Waals surface area contributed by atoms with Crippen LogP contribution in [-0.2, 0) is 68.3 Å². The lowest BCUT2D eigenvalue weighted by atomic mass is 9.92. The standard InChI is InChI=1S/C59H82F6O12/c1-6-7-8-9-10-11-12-13-17-26-37-49(76-54(69)56(71-4,58(60,61)62)45-30-21-18-22-31-45)50-38-39-51(75-50)52(77-55(70)57(72-5,59(63,64)65)46-32-23-19-24-33-46)41-48(74-43(3)66)36-28-27-35-47(67)34-25-16-14-15-20-29-44-40-42(2)73-53(44)68/h18-19,21-24,30-33,40,42,48-52H,6-17,20,25-29,34-39,41H2,1-5H3/t42-,48?,49+,50+,51+,52+,56-,57-/m0/s1. The number of unbranched alkanes of at least 4 members (excludes halogenated alkanes) is 14. The first kappa shape index (κ1) is 64.7. The van der Waals surface area contributed by atoms with Gasteiger partial charge in [0.05, 0.1) is 12.2 Å². The van der Waals surface area contributed by atoms with Crippen molar-refractivity contribution in [3.8, 4) is 0 Å². The Morgan fingerprint density at radius 2 is 1.04 bits per heavy atom. The van der Waals surface area contributed by atoms with Gasteiger partial charge in [0.2, 0.25) is 0 Å². The van der Waals surface area contributed by atoms with E-state index in [2.05, 4.69) is 6.92 Å². The molecular formula is C59H82F6O12. The molecule has 77 heavy (non-hydrogen) atoms. The minimum absolute atomic E-state index is 0.00724. The summed E-state index contributed by atoms with van der Waals surface area (Å²) in [6.45, 7) is 5.11. The molecule has 0 aromatic heterocycles. The predicted molar refractivity (Wildman–Crippen MR) is 276 cm³/mol. The molecule has 2 aromatic carbocycles. The van der Waals surface area contributed by atoms with Crippen LogP contribution in [0.1, 0.15) is 192 Å². The first-order valence-corrected chi connectivity index (χ1v) is 27.8. The van der Waals surface area contributed by atoms with Crippen molar-refractivity contribution in [2.45, 2.75) is 241 Å². The van der Waals surface area contributed by atoms with E-state index in [9.17, 15) is 24.0 Å². The SMILES string of the molecule is CCCCCCCCCCCC[C@@H](OC(=O)[C@@](OC)(c1ccccc1)C(F)(F)F)[C@H]1CC[C@H]([C@@H](CC(CCCCC(=O)CCCCCCCC2=C[C@H](C)OC2=O)OC(C)=O)OC(=O)[C@@](OC)(c2ccccc2)C(F)(F)F)O1. The molecule has 4 rings (SSSR count). The van der Waals surface area contributed by atoms with Gasteiger partial charge in [-0.05, 0) is 77.2 Å². The fourth-order valence-corrected chi connectivity index (χ4v) is 10.4. The molecule has 0 amide bonds. The Kier molecular flexibility index (Phi) is 27.2. The van der Waals surface area contributed by atoms with Crippen molar-refractivity contribution in [1.82, 2.24) is 0 Å². The predicted octanol–water partition coefficient (Wildman–Crippen LogP) is 13.9. The van der Waals surface area contributed by atoms with Gasteiger partial charge in [0, 0.05) is 57.1 Å². The molecule has 0 bridgehead atoms. The van der Waals surface area contributed by atoms with E-state index in [-0.39, 0.29) is 56.4 Å². The van der Waals surface area contributed by atoms with Crippen molar-refractivity contribution in [2.75, 3.05) is 14.2 Å². The zero-order valence-corrected chi connectivity index (χ0v) is 45.7. The van der Waals surface area contributed by atoms with E-state index in [0.717, 1.165) is 116 Å². The highest BCUT2D eigenvalue weighted by atomic mass is 19.4. The maximum absolute atomic E-state index is 15.3. The summed E-state index contributed by atoms with van der Waals surface area (Å²) in [5, 5.41) is 0. The van der Waals surface area contributed by atoms with Crippen LogP contribution in [-0.4, -0.2) is 92.9 Å². The van der Waals surface area contributed by atoms with Crippen LogP contribution in [0.25, 0.3) is 0 Å². The van der Waals surface area contributed by atoms with Crippen molar-refractivity contribution >= 4 is 29.7 Å². The van der Waals surface area contributed by atoms with Gasteiger partial charge >= 0.3 is 36.2 Å². The van der Waals surface area contributed by atoms with Gasteiger partial charge < -0.3 is 33.2 Å². The van der Waals surface area contributed by atoms with Gasteiger partial charge in [-0.3, -0.25) is 9.59 Å². The number of ketones is 1. The van der Waals surface area contributed by atoms with Crippen molar-refractivity contribution in [3.63, 3.8) is 0 Å². The van der Waals surface area contributed by atoms with Crippen LogP contribution in [0.5, 0.6) is 0 Å². The van der Waals surface area contributed by atoms with Gasteiger partial charge in [-0.15, -0.1) is 0 Å². The molecule has 0 radical (unpaired) electrons. The quantitative estimate of drug-likeness (QED) is 0.0274. The molecule has 0 saturated carbocycles. The van der Waals surface area contributed by atoms with Gasteiger partial charge in [0.15, 0.2) is 0 Å². The fraction of sp³-hybridized carbons (Fsp3) is 0.678. The Balaban J connectivity index is 1.53. The Morgan fingerprint density at radius 1 is 0.597 bits per heavy atom. The summed E-state index contributed by atoms with van der Waals surface area (Å²) >= 11 is 0. The molecule has 18 heteroatoms. The fourth-order valence-electron chi connectivity index (χ4n) is 10.4. The minimum atomic E-state index is -5.35. The summed E-state index contributed by atoms with van der Waals surface area (Å²) in [7, 11) is 1.49. The van der Waals surface area contributed by atoms with Gasteiger partial charge in [-0.2, -0.15) is 26.3 Å². The van der Waals surface area contributed by atoms with Crippen molar-refractivity contribution in [3.05, 3.63) is 83.4 Å². The number of carbonyl (C=O) groups is 5. The van der Waals surface area contributed by atoms with Gasteiger partial charge in [0.25, 0.3) is 11.2 Å². The number of ether oxygens (including phenoxy) is 7. The van der Waals surface area contributed by atoms with Crippen LogP contribution in [0.3, 0.4) is 0 Å². The van der Waals surface area contributed by atoms with Crippen molar-refractivity contribution in [1.29, 1.82) is 0 Å². The number of hydrogen-bond acceptors (Lipinski definition) is 12. The van der Waals surface area contributed by atoms with Crippen molar-refractivity contribution < 1.29 is 83.5 Å². The number of Topliss-reactive ketones (excluding diaryl/α,β-unsaturated/α-hetero) is 1. The normalized spacial score (nSPS) is 19.5. The Hall–Kier alpha value is -4.81. The van der Waals surface area contributed by atoms with E-state index in [0.29, 0.717) is 50.5 Å². The maximum Gasteiger partial charge on any atom is 0.432 e. The minimum Gasteiger partial charge on any atom is -0.462 e. The number of esters is 4. The molecule has 1 fully saturated rings. The maximum atomic E-state index is 15.3. The molecule has 2 heterocycles. The zero-order valence-electron chi connectivity index (χ0n) is 45.7. The molecule has 2 aromatic rings. The average molecular weight is 1100 g/mol.